The zero-order valence-electron chi connectivity index (χ0n) is 14.0. The van der Waals surface area contributed by atoms with E-state index in [2.05, 4.69) is 21.4 Å². The number of aromatic hydroxyl groups is 1. The molecule has 1 aliphatic rings. The molecule has 6 nitrogen and oxygen atoms in total. The molecule has 1 N–H and O–H groups in total. The van der Waals surface area contributed by atoms with Gasteiger partial charge in [-0.25, -0.2) is 4.98 Å². The quantitative estimate of drug-likeness (QED) is 0.854. The summed E-state index contributed by atoms with van der Waals surface area (Å²) in [5.41, 5.74) is 1.89. The third-order valence-electron chi connectivity index (χ3n) is 4.38. The molecule has 0 saturated carbocycles. The van der Waals surface area contributed by atoms with Gasteiger partial charge in [-0.2, -0.15) is 0 Å². The summed E-state index contributed by atoms with van der Waals surface area (Å²) in [6.45, 7) is 8.25. The number of phenolic OH excluding ortho intramolecular Hbond substituents is 1. The van der Waals surface area contributed by atoms with Crippen molar-refractivity contribution in [3.63, 3.8) is 0 Å². The van der Waals surface area contributed by atoms with Crippen LogP contribution in [-0.4, -0.2) is 66.0 Å². The average Bonchev–Trinajstić information content (AvgIpc) is 2.73. The number of ether oxygens (including phenoxy) is 1. The van der Waals surface area contributed by atoms with Crippen LogP contribution in [-0.2, 0) is 11.3 Å². The predicted molar refractivity (Wildman–Crippen MR) is 92.2 cm³/mol. The van der Waals surface area contributed by atoms with E-state index in [-0.39, 0.29) is 5.75 Å². The number of likely N-dealkylation sites (N-methyl/N-ethyl adjacent to an activating group) is 1. The van der Waals surface area contributed by atoms with Crippen molar-refractivity contribution >= 4 is 17.0 Å². The fraction of sp³-hybridized carbons (Fsp3) is 0.588. The Morgan fingerprint density at radius 3 is 2.91 bits per heavy atom. The molecule has 2 heterocycles. The van der Waals surface area contributed by atoms with Crippen LogP contribution in [0.4, 0.5) is 5.95 Å². The smallest absolute Gasteiger partial charge is 0.206 e. The zero-order chi connectivity index (χ0) is 16.2. The first-order valence-electron chi connectivity index (χ1n) is 8.39. The molecule has 23 heavy (non-hydrogen) atoms. The fourth-order valence-corrected chi connectivity index (χ4v) is 3.11. The van der Waals surface area contributed by atoms with Crippen LogP contribution < -0.4 is 4.90 Å². The molecule has 0 unspecified atom stereocenters. The molecule has 1 fully saturated rings. The molecule has 2 aromatic rings. The van der Waals surface area contributed by atoms with E-state index >= 15 is 0 Å². The maximum absolute atomic E-state index is 9.83. The molecule has 1 aliphatic heterocycles. The van der Waals surface area contributed by atoms with Crippen LogP contribution in [0.2, 0.25) is 0 Å². The van der Waals surface area contributed by atoms with Gasteiger partial charge < -0.3 is 24.2 Å². The number of rotatable bonds is 5. The highest BCUT2D eigenvalue weighted by Crippen LogP contribution is 2.26. The zero-order valence-corrected chi connectivity index (χ0v) is 14.0. The van der Waals surface area contributed by atoms with Crippen molar-refractivity contribution in [3.8, 4) is 5.75 Å². The maximum atomic E-state index is 9.83. The predicted octanol–water partition coefficient (Wildman–Crippen LogP) is 1.92. The number of benzene rings is 1. The third kappa shape index (κ3) is 3.59. The van der Waals surface area contributed by atoms with Crippen molar-refractivity contribution in [3.05, 3.63) is 18.2 Å². The average molecular weight is 318 g/mol. The largest absolute Gasteiger partial charge is 0.508 e. The molecule has 3 rings (SSSR count). The van der Waals surface area contributed by atoms with Gasteiger partial charge in [0.2, 0.25) is 5.95 Å². The topological polar surface area (TPSA) is 53.8 Å². The molecule has 126 valence electrons. The lowest BCUT2D eigenvalue weighted by Crippen LogP contribution is -2.31. The number of phenols is 1. The van der Waals surface area contributed by atoms with Crippen LogP contribution in [0.1, 0.15) is 13.3 Å². The fourth-order valence-electron chi connectivity index (χ4n) is 3.11. The highest BCUT2D eigenvalue weighted by Gasteiger charge is 2.19. The summed E-state index contributed by atoms with van der Waals surface area (Å²) in [6.07, 6.45) is 1.14. The van der Waals surface area contributed by atoms with Gasteiger partial charge in [-0.15, -0.1) is 0 Å². The molecule has 1 aromatic carbocycles. The molecule has 0 spiro atoms. The first-order valence-corrected chi connectivity index (χ1v) is 8.39. The Bertz CT molecular complexity index is 655. The molecule has 0 aliphatic carbocycles. The second-order valence-corrected chi connectivity index (χ2v) is 6.08. The first kappa shape index (κ1) is 16.1. The van der Waals surface area contributed by atoms with E-state index in [1.54, 1.807) is 12.1 Å². The van der Waals surface area contributed by atoms with E-state index < -0.39 is 0 Å². The minimum Gasteiger partial charge on any atom is -0.508 e. The van der Waals surface area contributed by atoms with Crippen LogP contribution in [0.5, 0.6) is 5.75 Å². The van der Waals surface area contributed by atoms with Crippen molar-refractivity contribution in [2.45, 2.75) is 19.9 Å². The maximum Gasteiger partial charge on any atom is 0.206 e. The Labute approximate surface area is 137 Å². The minimum atomic E-state index is 0.275. The number of hydrogen-bond acceptors (Lipinski definition) is 5. The molecule has 0 bridgehead atoms. The lowest BCUT2D eigenvalue weighted by molar-refractivity contribution is 0.140. The van der Waals surface area contributed by atoms with Gasteiger partial charge in [0.25, 0.3) is 0 Å². The number of imidazole rings is 1. The summed E-state index contributed by atoms with van der Waals surface area (Å²) in [7, 11) is 2.17. The Morgan fingerprint density at radius 1 is 1.22 bits per heavy atom. The molecular weight excluding hydrogens is 292 g/mol. The van der Waals surface area contributed by atoms with Gasteiger partial charge in [-0.05, 0) is 39.1 Å². The highest BCUT2D eigenvalue weighted by molar-refractivity contribution is 5.80. The van der Waals surface area contributed by atoms with Gasteiger partial charge in [0, 0.05) is 38.9 Å². The Kier molecular flexibility index (Phi) is 5.03. The van der Waals surface area contributed by atoms with Gasteiger partial charge in [-0.1, -0.05) is 0 Å². The standard InChI is InChI=1S/C17H26N4O2/c1-3-23-12-11-21-16-13-14(22)5-6-15(16)18-17(21)20-8-4-7-19(2)9-10-20/h5-6,13,22H,3-4,7-12H2,1-2H3. The van der Waals surface area contributed by atoms with E-state index in [4.69, 9.17) is 9.72 Å². The Hall–Kier alpha value is -1.79. The molecule has 0 radical (unpaired) electrons. The number of nitrogens with zero attached hydrogens (tertiary/aromatic N) is 4. The van der Waals surface area contributed by atoms with E-state index in [1.165, 1.54) is 0 Å². The minimum absolute atomic E-state index is 0.275. The van der Waals surface area contributed by atoms with E-state index in [9.17, 15) is 5.11 Å². The van der Waals surface area contributed by atoms with Crippen molar-refractivity contribution in [2.75, 3.05) is 51.3 Å². The van der Waals surface area contributed by atoms with Crippen LogP contribution in [0.3, 0.4) is 0 Å². The Morgan fingerprint density at radius 2 is 2.09 bits per heavy atom. The summed E-state index contributed by atoms with van der Waals surface area (Å²) < 4.78 is 7.71. The molecule has 1 aromatic heterocycles. The second-order valence-electron chi connectivity index (χ2n) is 6.08. The van der Waals surface area contributed by atoms with Gasteiger partial charge >= 0.3 is 0 Å². The van der Waals surface area contributed by atoms with Crippen molar-refractivity contribution in [1.29, 1.82) is 0 Å². The van der Waals surface area contributed by atoms with Crippen LogP contribution in [0.15, 0.2) is 18.2 Å². The SMILES string of the molecule is CCOCCn1c(N2CCCN(C)CC2)nc2ccc(O)cc21. The van der Waals surface area contributed by atoms with E-state index in [0.717, 1.165) is 56.1 Å². The normalized spacial score (nSPS) is 16.9. The van der Waals surface area contributed by atoms with Crippen molar-refractivity contribution in [2.24, 2.45) is 0 Å². The summed E-state index contributed by atoms with van der Waals surface area (Å²) in [5.74, 6) is 1.26. The summed E-state index contributed by atoms with van der Waals surface area (Å²) in [4.78, 5) is 9.54. The van der Waals surface area contributed by atoms with Gasteiger partial charge in [-0.3, -0.25) is 0 Å². The molecule has 1 saturated heterocycles. The molecule has 0 amide bonds. The monoisotopic (exact) mass is 318 g/mol. The number of anilines is 1. The van der Waals surface area contributed by atoms with Gasteiger partial charge in [0.1, 0.15) is 5.75 Å². The number of aromatic nitrogens is 2. The third-order valence-corrected chi connectivity index (χ3v) is 4.38. The summed E-state index contributed by atoms with van der Waals surface area (Å²) >= 11 is 0. The van der Waals surface area contributed by atoms with Crippen molar-refractivity contribution in [1.82, 2.24) is 14.5 Å². The van der Waals surface area contributed by atoms with Gasteiger partial charge in [0.05, 0.1) is 17.6 Å². The van der Waals surface area contributed by atoms with Crippen LogP contribution in [0, 0.1) is 0 Å². The second kappa shape index (κ2) is 7.19. The first-order chi connectivity index (χ1) is 11.2. The van der Waals surface area contributed by atoms with Crippen molar-refractivity contribution < 1.29 is 9.84 Å². The van der Waals surface area contributed by atoms with E-state index in [1.807, 2.05) is 13.0 Å². The lowest BCUT2D eigenvalue weighted by Gasteiger charge is -2.23. The molecule has 6 heteroatoms. The van der Waals surface area contributed by atoms with E-state index in [0.29, 0.717) is 13.2 Å². The Balaban J connectivity index is 1.95. The number of fused-ring (bicyclic) bond motifs is 1. The summed E-state index contributed by atoms with van der Waals surface area (Å²) in [6, 6.07) is 5.37. The lowest BCUT2D eigenvalue weighted by atomic mass is 10.3. The molecule has 0 atom stereocenters. The highest BCUT2D eigenvalue weighted by atomic mass is 16.5. The molecular formula is C17H26N4O2. The number of hydrogen-bond donors (Lipinski definition) is 1. The van der Waals surface area contributed by atoms with Gasteiger partial charge in [0.15, 0.2) is 0 Å². The van der Waals surface area contributed by atoms with Crippen LogP contribution >= 0.6 is 0 Å². The van der Waals surface area contributed by atoms with Crippen LogP contribution in [0.25, 0.3) is 11.0 Å². The summed E-state index contributed by atoms with van der Waals surface area (Å²) in [5, 5.41) is 9.83.